The Kier molecular flexibility index (Phi) is 2.62. The van der Waals surface area contributed by atoms with Crippen molar-refractivity contribution in [3.05, 3.63) is 6.20 Å². The maximum absolute atomic E-state index is 11.6. The molecule has 1 aromatic rings. The lowest BCUT2D eigenvalue weighted by atomic mass is 9.92. The van der Waals surface area contributed by atoms with E-state index in [1.807, 2.05) is 7.05 Å². The molecule has 1 N–H and O–H groups in total. The molecule has 2 rings (SSSR count). The lowest BCUT2D eigenvalue weighted by molar-refractivity contribution is 0.169. The predicted molar refractivity (Wildman–Crippen MR) is 54.3 cm³/mol. The number of nitrogens with zero attached hydrogens (tertiary/aromatic N) is 3. The van der Waals surface area contributed by atoms with Gasteiger partial charge >= 0.3 is 6.03 Å². The quantitative estimate of drug-likeness (QED) is 0.809. The molecular formula is C8H12N4OS. The van der Waals surface area contributed by atoms with Gasteiger partial charge in [0.2, 0.25) is 0 Å². The first kappa shape index (κ1) is 9.39. The van der Waals surface area contributed by atoms with Gasteiger partial charge in [0.05, 0.1) is 6.20 Å². The molecule has 0 aromatic carbocycles. The summed E-state index contributed by atoms with van der Waals surface area (Å²) in [4.78, 5) is 13.4. The second-order valence-corrected chi connectivity index (χ2v) is 4.19. The Morgan fingerprint density at radius 2 is 2.50 bits per heavy atom. The van der Waals surface area contributed by atoms with Gasteiger partial charge in [0, 0.05) is 24.6 Å². The summed E-state index contributed by atoms with van der Waals surface area (Å²) in [6.07, 6.45) is 5.01. The molecule has 0 atom stereocenters. The van der Waals surface area contributed by atoms with Gasteiger partial charge in [-0.15, -0.1) is 5.10 Å². The number of hydrogen-bond acceptors (Lipinski definition) is 4. The molecular weight excluding hydrogens is 200 g/mol. The Morgan fingerprint density at radius 1 is 1.71 bits per heavy atom. The summed E-state index contributed by atoms with van der Waals surface area (Å²) < 4.78 is 3.67. The van der Waals surface area contributed by atoms with E-state index in [0.29, 0.717) is 11.0 Å². The minimum atomic E-state index is -0.0687. The van der Waals surface area contributed by atoms with Crippen molar-refractivity contribution in [3.63, 3.8) is 0 Å². The second-order valence-electron chi connectivity index (χ2n) is 3.41. The topological polar surface area (TPSA) is 58.1 Å². The molecule has 14 heavy (non-hydrogen) atoms. The highest BCUT2D eigenvalue weighted by Gasteiger charge is 2.25. The predicted octanol–water partition coefficient (Wildman–Crippen LogP) is 1.55. The van der Waals surface area contributed by atoms with Crippen LogP contribution in [0.4, 0.5) is 9.80 Å². The maximum atomic E-state index is 11.6. The van der Waals surface area contributed by atoms with Crippen molar-refractivity contribution in [2.24, 2.45) is 0 Å². The average Bonchev–Trinajstić information content (AvgIpc) is 2.53. The number of carbonyl (C=O) groups is 1. The first-order valence-corrected chi connectivity index (χ1v) is 5.36. The number of amides is 2. The molecule has 1 heterocycles. The van der Waals surface area contributed by atoms with Crippen molar-refractivity contribution in [1.29, 1.82) is 0 Å². The molecule has 76 valence electrons. The third kappa shape index (κ3) is 1.84. The smallest absolute Gasteiger partial charge is 0.322 e. The van der Waals surface area contributed by atoms with Gasteiger partial charge in [-0.1, -0.05) is 4.49 Å². The zero-order valence-corrected chi connectivity index (χ0v) is 8.75. The van der Waals surface area contributed by atoms with Crippen molar-refractivity contribution in [1.82, 2.24) is 14.5 Å². The summed E-state index contributed by atoms with van der Waals surface area (Å²) in [6.45, 7) is 0. The summed E-state index contributed by atoms with van der Waals surface area (Å²) in [5.41, 5.74) is 0. The van der Waals surface area contributed by atoms with Crippen molar-refractivity contribution in [2.75, 3.05) is 12.4 Å². The number of aromatic nitrogens is 2. The molecule has 0 saturated heterocycles. The Hall–Kier alpha value is -1.17. The van der Waals surface area contributed by atoms with Crippen LogP contribution in [0.25, 0.3) is 0 Å². The van der Waals surface area contributed by atoms with E-state index in [1.54, 1.807) is 11.1 Å². The molecule has 0 bridgehead atoms. The SMILES string of the molecule is CN(C(=O)Nc1cnns1)C1CCC1. The zero-order chi connectivity index (χ0) is 9.97. The fraction of sp³-hybridized carbons (Fsp3) is 0.625. The van der Waals surface area contributed by atoms with Gasteiger partial charge in [0.25, 0.3) is 0 Å². The molecule has 0 spiro atoms. The van der Waals surface area contributed by atoms with Crippen molar-refractivity contribution >= 4 is 22.6 Å². The van der Waals surface area contributed by atoms with Gasteiger partial charge in [0.15, 0.2) is 0 Å². The van der Waals surface area contributed by atoms with Crippen molar-refractivity contribution in [3.8, 4) is 0 Å². The molecule has 2 amide bonds. The monoisotopic (exact) mass is 212 g/mol. The van der Waals surface area contributed by atoms with Gasteiger partial charge in [-0.25, -0.2) is 4.79 Å². The highest BCUT2D eigenvalue weighted by molar-refractivity contribution is 7.10. The van der Waals surface area contributed by atoms with Crippen LogP contribution in [0.5, 0.6) is 0 Å². The summed E-state index contributed by atoms with van der Waals surface area (Å²) in [7, 11) is 1.83. The van der Waals surface area contributed by atoms with Crippen LogP contribution in [0.1, 0.15) is 19.3 Å². The molecule has 1 aliphatic carbocycles. The summed E-state index contributed by atoms with van der Waals surface area (Å²) in [6, 6.07) is 0.344. The molecule has 1 fully saturated rings. The summed E-state index contributed by atoms with van der Waals surface area (Å²) >= 11 is 1.19. The van der Waals surface area contributed by atoms with Crippen LogP contribution in [0.3, 0.4) is 0 Å². The second kappa shape index (κ2) is 3.91. The third-order valence-corrected chi connectivity index (χ3v) is 3.11. The molecule has 0 radical (unpaired) electrons. The van der Waals surface area contributed by atoms with Gasteiger partial charge in [-0.2, -0.15) is 0 Å². The molecule has 5 nitrogen and oxygen atoms in total. The van der Waals surface area contributed by atoms with Crippen LogP contribution in [-0.2, 0) is 0 Å². The van der Waals surface area contributed by atoms with Crippen LogP contribution in [-0.4, -0.2) is 33.6 Å². The first-order valence-electron chi connectivity index (χ1n) is 4.58. The molecule has 0 aliphatic heterocycles. The Bertz CT molecular complexity index is 309. The number of nitrogens with one attached hydrogen (secondary N) is 1. The average molecular weight is 212 g/mol. The minimum Gasteiger partial charge on any atom is -0.325 e. The van der Waals surface area contributed by atoms with E-state index in [9.17, 15) is 4.79 Å². The fourth-order valence-electron chi connectivity index (χ4n) is 1.36. The number of urea groups is 1. The normalized spacial score (nSPS) is 16.1. The van der Waals surface area contributed by atoms with E-state index in [1.165, 1.54) is 18.0 Å². The summed E-state index contributed by atoms with van der Waals surface area (Å²) in [5.74, 6) is 0. The highest BCUT2D eigenvalue weighted by atomic mass is 32.1. The summed E-state index contributed by atoms with van der Waals surface area (Å²) in [5, 5.41) is 7.10. The van der Waals surface area contributed by atoms with Crippen molar-refractivity contribution < 1.29 is 4.79 Å². The minimum absolute atomic E-state index is 0.0687. The number of carbonyl (C=O) groups excluding carboxylic acids is 1. The van der Waals surface area contributed by atoms with Crippen LogP contribution in [0.15, 0.2) is 6.20 Å². The molecule has 1 aromatic heterocycles. The highest BCUT2D eigenvalue weighted by Crippen LogP contribution is 2.24. The van der Waals surface area contributed by atoms with Crippen LogP contribution >= 0.6 is 11.5 Å². The molecule has 1 saturated carbocycles. The van der Waals surface area contributed by atoms with Gasteiger partial charge < -0.3 is 4.90 Å². The van der Waals surface area contributed by atoms with Gasteiger partial charge in [-0.05, 0) is 19.3 Å². The van der Waals surface area contributed by atoms with E-state index in [0.717, 1.165) is 12.8 Å². The third-order valence-electron chi connectivity index (χ3n) is 2.53. The molecule has 1 aliphatic rings. The van der Waals surface area contributed by atoms with Crippen molar-refractivity contribution in [2.45, 2.75) is 25.3 Å². The lowest BCUT2D eigenvalue weighted by Gasteiger charge is -2.34. The molecule has 0 unspecified atom stereocenters. The van der Waals surface area contributed by atoms with Crippen LogP contribution in [0, 0.1) is 0 Å². The fourth-order valence-corrected chi connectivity index (χ4v) is 1.77. The number of hydrogen-bond donors (Lipinski definition) is 1. The van der Waals surface area contributed by atoms with Gasteiger partial charge in [0.1, 0.15) is 5.00 Å². The van der Waals surface area contributed by atoms with Gasteiger partial charge in [-0.3, -0.25) is 5.32 Å². The van der Waals surface area contributed by atoms with Crippen LogP contribution in [0.2, 0.25) is 0 Å². The van der Waals surface area contributed by atoms with E-state index in [4.69, 9.17) is 0 Å². The van der Waals surface area contributed by atoms with Crippen LogP contribution < -0.4 is 5.32 Å². The number of rotatable bonds is 2. The zero-order valence-electron chi connectivity index (χ0n) is 7.93. The Labute approximate surface area is 86.3 Å². The Morgan fingerprint density at radius 3 is 3.00 bits per heavy atom. The molecule has 6 heteroatoms. The van der Waals surface area contributed by atoms with E-state index < -0.39 is 0 Å². The number of anilines is 1. The largest absolute Gasteiger partial charge is 0.325 e. The first-order chi connectivity index (χ1) is 6.77. The lowest BCUT2D eigenvalue weighted by Crippen LogP contribution is -2.43. The maximum Gasteiger partial charge on any atom is 0.322 e. The van der Waals surface area contributed by atoms with E-state index >= 15 is 0 Å². The Balaban J connectivity index is 1.88. The van der Waals surface area contributed by atoms with E-state index in [2.05, 4.69) is 14.9 Å². The standard InChI is InChI=1S/C8H12N4OS/c1-12(6-3-2-4-6)8(13)10-7-5-9-11-14-7/h5-6H,2-4H2,1H3,(H,10,13). The van der Waals surface area contributed by atoms with E-state index in [-0.39, 0.29) is 6.03 Å².